The molecule has 22 heteroatoms. The zero-order valence-electron chi connectivity index (χ0n) is 42.7. The van der Waals surface area contributed by atoms with Crippen molar-refractivity contribution in [2.75, 3.05) is 50.0 Å². The Morgan fingerprint density at radius 1 is 0.773 bits per heavy atom. The first kappa shape index (κ1) is 58.9. The molecule has 1 heterocycles. The topological polar surface area (TPSA) is 166 Å². The molecular weight excluding hydrogens is 1080 g/mol. The third-order valence-electron chi connectivity index (χ3n) is 12.5. The van der Waals surface area contributed by atoms with E-state index in [1.54, 1.807) is 38.1 Å². The predicted molar refractivity (Wildman–Crippen MR) is 286 cm³/mol. The SMILES string of the molecule is CCC(C)C(=O)OCCNC(=O)OCCSc1c(F)c(F)c(S(=O)(=O)[N-]S(=O)(=O)c2cc(Cl)c(Cl)cc2-c2c3ccc(=[N+](CC)CC)cc-3oc3cc(N(CC)c4c(C(C)C)cccc4C(C)C)ccc23)c(F)c1F. The maximum absolute atomic E-state index is 15.8. The smallest absolute Gasteiger partial charge is 0.407 e. The molecule has 1 N–H and O–H groups in total. The minimum Gasteiger partial charge on any atom is -0.464 e. The number of rotatable bonds is 21. The van der Waals surface area contributed by atoms with Gasteiger partial charge in [0.1, 0.15) is 62.6 Å². The summed E-state index contributed by atoms with van der Waals surface area (Å²) in [6.45, 7) is 18.9. The number of nitrogens with zero attached hydrogens (tertiary/aromatic N) is 3. The highest BCUT2D eigenvalue weighted by Crippen LogP contribution is 2.48. The molecule has 4 aromatic rings. The van der Waals surface area contributed by atoms with E-state index in [-0.39, 0.29) is 75.2 Å². The van der Waals surface area contributed by atoms with Gasteiger partial charge in [0.05, 0.1) is 38.4 Å². The zero-order chi connectivity index (χ0) is 55.3. The fraction of sp³-hybridized carbons (Fsp3) is 0.377. The first-order chi connectivity index (χ1) is 35.4. The molecule has 6 rings (SSSR count). The number of para-hydroxylation sites is 1. The third-order valence-corrected chi connectivity index (χ3v) is 17.5. The van der Waals surface area contributed by atoms with Gasteiger partial charge in [0.15, 0.2) is 23.3 Å². The summed E-state index contributed by atoms with van der Waals surface area (Å²) in [5.41, 5.74) is 4.53. The van der Waals surface area contributed by atoms with Crippen molar-refractivity contribution in [1.82, 2.24) is 9.89 Å². The summed E-state index contributed by atoms with van der Waals surface area (Å²) in [7, 11) is -11.8. The average molecular weight is 1140 g/mol. The van der Waals surface area contributed by atoms with E-state index in [1.165, 1.54) is 6.07 Å². The van der Waals surface area contributed by atoms with Gasteiger partial charge in [-0.2, -0.15) is 0 Å². The number of benzene rings is 5. The summed E-state index contributed by atoms with van der Waals surface area (Å²) < 4.78 is 141. The van der Waals surface area contributed by atoms with Crippen LogP contribution in [-0.4, -0.2) is 74.0 Å². The zero-order valence-corrected chi connectivity index (χ0v) is 46.7. The number of alkyl carbamates (subject to hydrolysis) is 1. The molecule has 0 saturated heterocycles. The molecule has 4 aromatic carbocycles. The number of hydrogen-bond donors (Lipinski definition) is 1. The number of halogens is 6. The highest BCUT2D eigenvalue weighted by molar-refractivity contribution is 8.12. The number of sulfonamides is 2. The summed E-state index contributed by atoms with van der Waals surface area (Å²) in [4.78, 5) is 21.5. The van der Waals surface area contributed by atoms with Gasteiger partial charge in [-0.1, -0.05) is 82.9 Å². The minimum absolute atomic E-state index is 0.127. The molecule has 13 nitrogen and oxygen atoms in total. The van der Waals surface area contributed by atoms with Gasteiger partial charge in [-0.05, 0) is 80.5 Å². The van der Waals surface area contributed by atoms with Gasteiger partial charge in [-0.3, -0.25) is 4.79 Å². The molecule has 404 valence electrons. The molecule has 1 unspecified atom stereocenters. The molecular formula is C53H58Cl2F4N4O9S3. The number of hydrogen-bond acceptors (Lipinski definition) is 11. The van der Waals surface area contributed by atoms with E-state index < -0.39 is 82.4 Å². The van der Waals surface area contributed by atoms with Crippen LogP contribution < -0.4 is 20.1 Å². The van der Waals surface area contributed by atoms with Crippen LogP contribution in [0.4, 0.5) is 33.7 Å². The first-order valence-electron chi connectivity index (χ1n) is 24.2. The largest absolute Gasteiger partial charge is 0.464 e. The number of ether oxygens (including phenoxy) is 2. The van der Waals surface area contributed by atoms with Crippen molar-refractivity contribution in [1.29, 1.82) is 0 Å². The van der Waals surface area contributed by atoms with E-state index in [0.29, 0.717) is 37.0 Å². The monoisotopic (exact) mass is 1140 g/mol. The second-order valence-electron chi connectivity index (χ2n) is 17.9. The molecule has 1 aliphatic heterocycles. The van der Waals surface area contributed by atoms with Crippen LogP contribution in [0.2, 0.25) is 10.0 Å². The Labute approximate surface area is 449 Å². The molecule has 75 heavy (non-hydrogen) atoms. The van der Waals surface area contributed by atoms with E-state index in [0.717, 1.165) is 33.9 Å². The summed E-state index contributed by atoms with van der Waals surface area (Å²) >= 11 is 13.2. The fourth-order valence-corrected chi connectivity index (χ4v) is 12.6. The van der Waals surface area contributed by atoms with Gasteiger partial charge in [-0.15, -0.1) is 11.8 Å². The van der Waals surface area contributed by atoms with Crippen LogP contribution in [0.25, 0.3) is 37.5 Å². The molecule has 1 atom stereocenters. The molecule has 0 aromatic heterocycles. The minimum atomic E-state index is -6.16. The van der Waals surface area contributed by atoms with Gasteiger partial charge in [0.25, 0.3) is 0 Å². The van der Waals surface area contributed by atoms with Crippen LogP contribution in [0, 0.1) is 29.2 Å². The molecule has 0 fully saturated rings. The summed E-state index contributed by atoms with van der Waals surface area (Å²) in [5, 5.41) is 2.84. The van der Waals surface area contributed by atoms with Gasteiger partial charge in [0.2, 0.25) is 5.36 Å². The Morgan fingerprint density at radius 3 is 1.99 bits per heavy atom. The van der Waals surface area contributed by atoms with Crippen LogP contribution >= 0.6 is 35.0 Å². The number of esters is 1. The van der Waals surface area contributed by atoms with Gasteiger partial charge in [-0.25, -0.2) is 43.8 Å². The number of amides is 1. The van der Waals surface area contributed by atoms with Crippen molar-refractivity contribution in [2.45, 2.75) is 95.3 Å². The van der Waals surface area contributed by atoms with E-state index in [4.69, 9.17) is 37.1 Å². The first-order valence-corrected chi connectivity index (χ1v) is 28.8. The van der Waals surface area contributed by atoms with E-state index in [2.05, 4.69) is 58.7 Å². The van der Waals surface area contributed by atoms with Crippen LogP contribution in [0.3, 0.4) is 0 Å². The Kier molecular flexibility index (Phi) is 19.4. The quantitative estimate of drug-likeness (QED) is 0.0139. The average Bonchev–Trinajstić information content (AvgIpc) is 3.36. The van der Waals surface area contributed by atoms with E-state index >= 15 is 17.6 Å². The Balaban J connectivity index is 1.41. The van der Waals surface area contributed by atoms with Crippen molar-refractivity contribution < 1.29 is 57.9 Å². The highest BCUT2D eigenvalue weighted by Gasteiger charge is 2.33. The van der Waals surface area contributed by atoms with Crippen molar-refractivity contribution in [2.24, 2.45) is 5.92 Å². The summed E-state index contributed by atoms with van der Waals surface area (Å²) in [6, 6.07) is 18.8. The van der Waals surface area contributed by atoms with Crippen LogP contribution in [0.15, 0.2) is 85.8 Å². The molecule has 0 saturated carbocycles. The molecule has 1 aliphatic carbocycles. The lowest BCUT2D eigenvalue weighted by Crippen LogP contribution is -2.30. The van der Waals surface area contributed by atoms with Crippen LogP contribution in [0.1, 0.15) is 91.7 Å². The summed E-state index contributed by atoms with van der Waals surface area (Å²) in [6.07, 6.45) is -0.457. The lowest BCUT2D eigenvalue weighted by molar-refractivity contribution is -0.147. The molecule has 0 bridgehead atoms. The Morgan fingerprint density at radius 2 is 1.40 bits per heavy atom. The van der Waals surface area contributed by atoms with Crippen molar-refractivity contribution in [3.8, 4) is 22.5 Å². The summed E-state index contributed by atoms with van der Waals surface area (Å²) in [5.74, 6) is -9.99. The highest BCUT2D eigenvalue weighted by atomic mass is 35.5. The normalized spacial score (nSPS) is 12.4. The lowest BCUT2D eigenvalue weighted by atomic mass is 9.91. The number of nitrogens with one attached hydrogen (secondary N) is 1. The van der Waals surface area contributed by atoms with Crippen LogP contribution in [0.5, 0.6) is 0 Å². The van der Waals surface area contributed by atoms with Gasteiger partial charge >= 0.3 is 12.1 Å². The Bertz CT molecular complexity index is 3350. The second-order valence-corrected chi connectivity index (χ2v) is 23.2. The molecule has 1 amide bonds. The van der Waals surface area contributed by atoms with E-state index in [9.17, 15) is 26.4 Å². The standard InChI is InChI=1S/C53H58Cl2F4N4O9S3/c1-10-31(9)52(64)70-22-21-60-53(65)71-23-24-73-50-45(56)47(58)51(48(59)46(50)57)75(68,69)61-74(66,67)43-28-40(55)39(54)27-38(43)44-36-19-17-32(62(11-2)12-3)25-41(36)72-42-26-33(18-20-37(42)44)63(13-4)49-34(29(5)6)15-14-16-35(49)30(7)8/h14-20,25-31H,10-13,21-24H2,1-9H3,(H,60,65). The van der Waals surface area contributed by atoms with E-state index in [1.807, 2.05) is 39.0 Å². The number of anilines is 2. The second kappa shape index (κ2) is 24.7. The number of thioether (sulfide) groups is 1. The molecule has 2 aliphatic rings. The number of carbonyl (C=O) groups excluding carboxylic acids is 2. The maximum Gasteiger partial charge on any atom is 0.407 e. The van der Waals surface area contributed by atoms with Crippen molar-refractivity contribution in [3.05, 3.63) is 121 Å². The maximum atomic E-state index is 15.8. The number of carbonyl (C=O) groups is 2. The van der Waals surface area contributed by atoms with Crippen molar-refractivity contribution >= 4 is 89.4 Å². The predicted octanol–water partition coefficient (Wildman–Crippen LogP) is 13.1. The fourth-order valence-electron chi connectivity index (χ4n) is 8.44. The van der Waals surface area contributed by atoms with Gasteiger partial charge in [0, 0.05) is 57.9 Å². The lowest BCUT2D eigenvalue weighted by Gasteiger charge is -2.31. The van der Waals surface area contributed by atoms with Gasteiger partial charge < -0.3 is 28.2 Å². The van der Waals surface area contributed by atoms with Crippen LogP contribution in [-0.2, 0) is 34.3 Å². The molecule has 0 spiro atoms. The third kappa shape index (κ3) is 12.7. The van der Waals surface area contributed by atoms with Crippen molar-refractivity contribution in [3.63, 3.8) is 0 Å². The number of fused-ring (bicyclic) bond motifs is 2. The molecule has 0 radical (unpaired) electrons. The Hall–Kier alpha value is -5.38.